The van der Waals surface area contributed by atoms with Gasteiger partial charge in [0, 0.05) is 41.5 Å². The molecule has 0 unspecified atom stereocenters. The fraction of sp³-hybridized carbons (Fsp3) is 0.208. The van der Waals surface area contributed by atoms with E-state index >= 15 is 0 Å². The molecule has 0 N–H and O–H groups in total. The number of halogens is 2. The average Bonchev–Trinajstić information content (AvgIpc) is 3.05. The number of carbonyl (C=O) groups excluding carboxylic acids is 1. The van der Waals surface area contributed by atoms with Gasteiger partial charge in [-0.1, -0.05) is 53.5 Å². The van der Waals surface area contributed by atoms with Crippen molar-refractivity contribution < 1.29 is 17.9 Å². The van der Waals surface area contributed by atoms with Gasteiger partial charge in [0.05, 0.1) is 10.5 Å². The number of esters is 1. The maximum absolute atomic E-state index is 13.2. The van der Waals surface area contributed by atoms with Crippen LogP contribution in [0.1, 0.15) is 28.8 Å². The van der Waals surface area contributed by atoms with Crippen molar-refractivity contribution in [3.63, 3.8) is 0 Å². The van der Waals surface area contributed by atoms with Gasteiger partial charge in [0.1, 0.15) is 5.60 Å². The van der Waals surface area contributed by atoms with E-state index in [1.165, 1.54) is 4.31 Å². The number of hydrogen-bond donors (Lipinski definition) is 0. The molecule has 5 rings (SSSR count). The van der Waals surface area contributed by atoms with Crippen LogP contribution in [-0.4, -0.2) is 31.8 Å². The molecule has 2 aliphatic heterocycles. The third-order valence-corrected chi connectivity index (χ3v) is 8.49. The van der Waals surface area contributed by atoms with Gasteiger partial charge in [0.15, 0.2) is 0 Å². The van der Waals surface area contributed by atoms with E-state index in [0.717, 1.165) is 16.7 Å². The Hall–Kier alpha value is -2.38. The molecular formula is C24H19Cl2NO4S. The van der Waals surface area contributed by atoms with E-state index in [1.54, 1.807) is 54.6 Å². The van der Waals surface area contributed by atoms with Crippen molar-refractivity contribution in [1.29, 1.82) is 0 Å². The fourth-order valence-electron chi connectivity index (χ4n) is 4.49. The van der Waals surface area contributed by atoms with Crippen LogP contribution < -0.4 is 0 Å². The second kappa shape index (κ2) is 7.89. The van der Waals surface area contributed by atoms with Crippen LogP contribution in [0, 0.1) is 0 Å². The van der Waals surface area contributed by atoms with Crippen molar-refractivity contribution >= 4 is 39.2 Å². The first kappa shape index (κ1) is 21.5. The zero-order chi connectivity index (χ0) is 22.5. The van der Waals surface area contributed by atoms with Crippen molar-refractivity contribution in [1.82, 2.24) is 4.31 Å². The normalized spacial score (nSPS) is 17.9. The van der Waals surface area contributed by atoms with Gasteiger partial charge in [-0.15, -0.1) is 0 Å². The summed E-state index contributed by atoms with van der Waals surface area (Å²) in [6.07, 6.45) is 0.849. The van der Waals surface area contributed by atoms with Crippen LogP contribution in [0.5, 0.6) is 0 Å². The van der Waals surface area contributed by atoms with Crippen molar-refractivity contribution in [2.45, 2.75) is 23.3 Å². The highest BCUT2D eigenvalue weighted by Crippen LogP contribution is 2.44. The average molecular weight is 488 g/mol. The Labute approximate surface area is 196 Å². The summed E-state index contributed by atoms with van der Waals surface area (Å²) in [5.74, 6) is -0.339. The molecule has 0 saturated carbocycles. The van der Waals surface area contributed by atoms with Gasteiger partial charge in [-0.3, -0.25) is 0 Å². The largest absolute Gasteiger partial charge is 0.450 e. The quantitative estimate of drug-likeness (QED) is 0.456. The number of benzene rings is 3. The van der Waals surface area contributed by atoms with E-state index in [0.29, 0.717) is 28.5 Å². The molecule has 0 radical (unpaired) electrons. The molecule has 3 aromatic rings. The Kier molecular flexibility index (Phi) is 5.29. The van der Waals surface area contributed by atoms with Gasteiger partial charge in [-0.05, 0) is 47.5 Å². The Morgan fingerprint density at radius 2 is 1.47 bits per heavy atom. The van der Waals surface area contributed by atoms with E-state index < -0.39 is 15.6 Å². The lowest BCUT2D eigenvalue weighted by molar-refractivity contribution is -0.0329. The first-order valence-corrected chi connectivity index (χ1v) is 12.4. The number of carbonyl (C=O) groups is 1. The summed E-state index contributed by atoms with van der Waals surface area (Å²) in [6, 6.07) is 19.2. The number of rotatable bonds is 3. The zero-order valence-electron chi connectivity index (χ0n) is 16.9. The minimum atomic E-state index is -3.67. The lowest BCUT2D eigenvalue weighted by Gasteiger charge is -2.37. The van der Waals surface area contributed by atoms with Crippen molar-refractivity contribution in [3.8, 4) is 11.1 Å². The van der Waals surface area contributed by atoms with Crippen LogP contribution in [0.25, 0.3) is 11.1 Å². The highest BCUT2D eigenvalue weighted by Gasteiger charge is 2.48. The molecule has 3 aromatic carbocycles. The summed E-state index contributed by atoms with van der Waals surface area (Å²) in [5, 5.41) is 1.03. The number of piperidine rings is 1. The zero-order valence-corrected chi connectivity index (χ0v) is 19.3. The minimum absolute atomic E-state index is 0.217. The summed E-state index contributed by atoms with van der Waals surface area (Å²) >= 11 is 12.2. The van der Waals surface area contributed by atoms with E-state index in [9.17, 15) is 13.2 Å². The van der Waals surface area contributed by atoms with Crippen LogP contribution in [0.3, 0.4) is 0 Å². The maximum Gasteiger partial charge on any atom is 0.339 e. The molecule has 164 valence electrons. The van der Waals surface area contributed by atoms with Crippen molar-refractivity contribution in [2.75, 3.05) is 13.1 Å². The molecule has 0 amide bonds. The van der Waals surface area contributed by atoms with Gasteiger partial charge in [-0.25, -0.2) is 13.2 Å². The molecule has 0 aliphatic carbocycles. The highest BCUT2D eigenvalue weighted by atomic mass is 35.5. The predicted molar refractivity (Wildman–Crippen MR) is 123 cm³/mol. The molecule has 1 saturated heterocycles. The Bertz CT molecular complexity index is 1290. The monoisotopic (exact) mass is 487 g/mol. The molecule has 0 bridgehead atoms. The first-order valence-electron chi connectivity index (χ1n) is 10.2. The van der Waals surface area contributed by atoms with Crippen LogP contribution >= 0.6 is 23.2 Å². The lowest BCUT2D eigenvalue weighted by atomic mass is 9.84. The van der Waals surface area contributed by atoms with E-state index in [-0.39, 0.29) is 24.0 Å². The molecule has 1 spiro atoms. The van der Waals surface area contributed by atoms with Gasteiger partial charge in [0.2, 0.25) is 10.0 Å². The number of nitrogens with zero attached hydrogens (tertiary/aromatic N) is 1. The van der Waals surface area contributed by atoms with Crippen molar-refractivity contribution in [2.24, 2.45) is 0 Å². The molecular weight excluding hydrogens is 469 g/mol. The fourth-order valence-corrected chi connectivity index (χ4v) is 6.46. The summed E-state index contributed by atoms with van der Waals surface area (Å²) in [7, 11) is -3.67. The second-order valence-corrected chi connectivity index (χ2v) is 10.8. The number of hydrogen-bond acceptors (Lipinski definition) is 4. The Morgan fingerprint density at radius 3 is 2.12 bits per heavy atom. The topological polar surface area (TPSA) is 63.7 Å². The molecule has 32 heavy (non-hydrogen) atoms. The summed E-state index contributed by atoms with van der Waals surface area (Å²) in [5.41, 5.74) is 2.32. The third kappa shape index (κ3) is 3.61. The summed E-state index contributed by atoms with van der Waals surface area (Å²) in [4.78, 5) is 12.5. The van der Waals surface area contributed by atoms with E-state index in [1.807, 2.05) is 12.1 Å². The standard InChI is InChI=1S/C24H19Cl2NO4S/c25-18-13-17(14-19(26)15-18)16-5-7-20(8-6-16)32(29,30)27-11-9-24(10-12-27)22-4-2-1-3-21(22)23(28)31-24/h1-8,13-15H,9-12H2. The molecule has 1 fully saturated rings. The second-order valence-electron chi connectivity index (χ2n) is 8.02. The Morgan fingerprint density at radius 1 is 0.844 bits per heavy atom. The predicted octanol–water partition coefficient (Wildman–Crippen LogP) is 5.51. The van der Waals surface area contributed by atoms with Crippen LogP contribution in [0.2, 0.25) is 10.0 Å². The lowest BCUT2D eigenvalue weighted by Crippen LogP contribution is -2.45. The van der Waals surface area contributed by atoms with Crippen molar-refractivity contribution in [3.05, 3.63) is 87.9 Å². The van der Waals surface area contributed by atoms with Gasteiger partial charge in [-0.2, -0.15) is 4.31 Å². The van der Waals surface area contributed by atoms with Gasteiger partial charge >= 0.3 is 5.97 Å². The molecule has 5 nitrogen and oxygen atoms in total. The maximum atomic E-state index is 13.2. The third-order valence-electron chi connectivity index (χ3n) is 6.14. The van der Waals surface area contributed by atoms with Gasteiger partial charge < -0.3 is 4.74 Å². The molecule has 2 heterocycles. The van der Waals surface area contributed by atoms with Crippen LogP contribution in [0.15, 0.2) is 71.6 Å². The highest BCUT2D eigenvalue weighted by molar-refractivity contribution is 7.89. The van der Waals surface area contributed by atoms with Gasteiger partial charge in [0.25, 0.3) is 0 Å². The molecule has 2 aliphatic rings. The number of fused-ring (bicyclic) bond motifs is 2. The first-order chi connectivity index (χ1) is 15.3. The Balaban J connectivity index is 1.36. The SMILES string of the molecule is O=C1OC2(CCN(S(=O)(=O)c3ccc(-c4cc(Cl)cc(Cl)c4)cc3)CC2)c2ccccc21. The molecule has 0 aromatic heterocycles. The van der Waals surface area contributed by atoms with Crippen LogP contribution in [0.4, 0.5) is 0 Å². The number of ether oxygens (including phenoxy) is 1. The number of sulfonamides is 1. The summed E-state index contributed by atoms with van der Waals surface area (Å²) in [6.45, 7) is 0.547. The smallest absolute Gasteiger partial charge is 0.339 e. The van der Waals surface area contributed by atoms with Crippen LogP contribution in [-0.2, 0) is 20.4 Å². The molecule has 8 heteroatoms. The van der Waals surface area contributed by atoms with E-state index in [2.05, 4.69) is 0 Å². The van der Waals surface area contributed by atoms with E-state index in [4.69, 9.17) is 27.9 Å². The molecule has 0 atom stereocenters. The summed E-state index contributed by atoms with van der Waals surface area (Å²) < 4.78 is 33.7. The minimum Gasteiger partial charge on any atom is -0.450 e.